The number of hydrogen-bond acceptors (Lipinski definition) is 5. The van der Waals surface area contributed by atoms with Crippen LogP contribution in [-0.4, -0.2) is 41.2 Å². The molecule has 1 aromatic carbocycles. The number of alkyl halides is 3. The van der Waals surface area contributed by atoms with Crippen LogP contribution in [0.1, 0.15) is 32.3 Å². The fourth-order valence-corrected chi connectivity index (χ4v) is 3.77. The zero-order valence-electron chi connectivity index (χ0n) is 15.5. The molecule has 1 amide bonds. The zero-order chi connectivity index (χ0) is 20.5. The Morgan fingerprint density at radius 1 is 1.32 bits per heavy atom. The summed E-state index contributed by atoms with van der Waals surface area (Å²) in [5.74, 6) is -1.03. The molecule has 0 bridgehead atoms. The van der Waals surface area contributed by atoms with Crippen molar-refractivity contribution in [3.63, 3.8) is 0 Å². The third kappa shape index (κ3) is 4.50. The SMILES string of the molecule is CC1(C)C[C@@H](NC(=O)CC(F)(F)F)CN(c2ccc(C#N)c3nccnc23)C1. The summed E-state index contributed by atoms with van der Waals surface area (Å²) >= 11 is 0. The second kappa shape index (κ2) is 7.26. The van der Waals surface area contributed by atoms with Crippen molar-refractivity contribution in [2.24, 2.45) is 5.41 Å². The Kier molecular flexibility index (Phi) is 5.15. The molecule has 9 heteroatoms. The lowest BCUT2D eigenvalue weighted by Crippen LogP contribution is -2.54. The third-order valence-corrected chi connectivity index (χ3v) is 4.65. The van der Waals surface area contributed by atoms with Gasteiger partial charge in [0.15, 0.2) is 0 Å². The first-order chi connectivity index (χ1) is 13.1. The molecule has 1 atom stereocenters. The summed E-state index contributed by atoms with van der Waals surface area (Å²) in [5, 5.41) is 11.8. The maximum atomic E-state index is 12.5. The number of fused-ring (bicyclic) bond motifs is 1. The van der Waals surface area contributed by atoms with Crippen LogP contribution < -0.4 is 10.2 Å². The third-order valence-electron chi connectivity index (χ3n) is 4.65. The average molecular weight is 391 g/mol. The van der Waals surface area contributed by atoms with Gasteiger partial charge in [-0.2, -0.15) is 18.4 Å². The minimum absolute atomic E-state index is 0.239. The smallest absolute Gasteiger partial charge is 0.367 e. The lowest BCUT2D eigenvalue weighted by molar-refractivity contribution is -0.154. The minimum Gasteiger partial charge on any atom is -0.367 e. The molecule has 28 heavy (non-hydrogen) atoms. The van der Waals surface area contributed by atoms with E-state index in [1.165, 1.54) is 12.4 Å². The summed E-state index contributed by atoms with van der Waals surface area (Å²) in [6.45, 7) is 4.99. The number of carbonyl (C=O) groups is 1. The Hall–Kier alpha value is -2.89. The molecule has 1 aliphatic rings. The monoisotopic (exact) mass is 391 g/mol. The van der Waals surface area contributed by atoms with E-state index in [2.05, 4.69) is 21.4 Å². The number of hydrogen-bond donors (Lipinski definition) is 1. The van der Waals surface area contributed by atoms with Crippen LogP contribution >= 0.6 is 0 Å². The van der Waals surface area contributed by atoms with Gasteiger partial charge in [-0.25, -0.2) is 0 Å². The van der Waals surface area contributed by atoms with E-state index in [1.807, 2.05) is 18.7 Å². The number of carbonyl (C=O) groups excluding carboxylic acids is 1. The molecule has 1 saturated heterocycles. The van der Waals surface area contributed by atoms with Gasteiger partial charge in [0.25, 0.3) is 0 Å². The normalized spacial score (nSPS) is 19.3. The van der Waals surface area contributed by atoms with E-state index in [9.17, 15) is 23.2 Å². The lowest BCUT2D eigenvalue weighted by atomic mass is 9.81. The molecule has 6 nitrogen and oxygen atoms in total. The van der Waals surface area contributed by atoms with Gasteiger partial charge in [0.2, 0.25) is 5.91 Å². The van der Waals surface area contributed by atoms with Crippen LogP contribution in [0.3, 0.4) is 0 Å². The molecule has 148 valence electrons. The van der Waals surface area contributed by atoms with E-state index in [0.717, 1.165) is 5.69 Å². The molecule has 2 aromatic rings. The van der Waals surface area contributed by atoms with Crippen molar-refractivity contribution >= 4 is 22.6 Å². The number of nitriles is 1. The molecule has 0 radical (unpaired) electrons. The number of nitrogens with zero attached hydrogens (tertiary/aromatic N) is 4. The first-order valence-electron chi connectivity index (χ1n) is 8.83. The molecule has 0 aliphatic carbocycles. The zero-order valence-corrected chi connectivity index (χ0v) is 15.5. The van der Waals surface area contributed by atoms with Crippen LogP contribution in [0.2, 0.25) is 0 Å². The Morgan fingerprint density at radius 3 is 2.64 bits per heavy atom. The molecule has 0 spiro atoms. The highest BCUT2D eigenvalue weighted by atomic mass is 19.4. The highest BCUT2D eigenvalue weighted by molar-refractivity contribution is 5.92. The van der Waals surface area contributed by atoms with Crippen LogP contribution in [-0.2, 0) is 4.79 Å². The molecule has 0 saturated carbocycles. The van der Waals surface area contributed by atoms with Crippen molar-refractivity contribution in [3.05, 3.63) is 30.1 Å². The van der Waals surface area contributed by atoms with Gasteiger partial charge in [-0.15, -0.1) is 0 Å². The number of benzene rings is 1. The minimum atomic E-state index is -4.53. The topological polar surface area (TPSA) is 81.9 Å². The number of anilines is 1. The Morgan fingerprint density at radius 2 is 2.00 bits per heavy atom. The van der Waals surface area contributed by atoms with Crippen molar-refractivity contribution < 1.29 is 18.0 Å². The molecule has 2 heterocycles. The second-order valence-corrected chi connectivity index (χ2v) is 7.80. The van der Waals surface area contributed by atoms with E-state index in [1.54, 1.807) is 12.1 Å². The van der Waals surface area contributed by atoms with Gasteiger partial charge in [0.05, 0.1) is 11.3 Å². The van der Waals surface area contributed by atoms with Gasteiger partial charge in [0, 0.05) is 31.5 Å². The highest BCUT2D eigenvalue weighted by Gasteiger charge is 2.37. The Bertz CT molecular complexity index is 935. The first-order valence-corrected chi connectivity index (χ1v) is 8.83. The van der Waals surface area contributed by atoms with Crippen molar-refractivity contribution in [3.8, 4) is 6.07 Å². The predicted molar refractivity (Wildman–Crippen MR) is 97.5 cm³/mol. The fraction of sp³-hybridized carbons (Fsp3) is 0.474. The molecule has 1 fully saturated rings. The summed E-state index contributed by atoms with van der Waals surface area (Å²) in [6.07, 6.45) is -2.42. The molecule has 1 aromatic heterocycles. The number of halogens is 3. The molecule has 3 rings (SSSR count). The van der Waals surface area contributed by atoms with Gasteiger partial charge >= 0.3 is 6.18 Å². The van der Waals surface area contributed by atoms with E-state index >= 15 is 0 Å². The van der Waals surface area contributed by atoms with Crippen LogP contribution in [0.15, 0.2) is 24.5 Å². The first kappa shape index (κ1) is 19.9. The van der Waals surface area contributed by atoms with Gasteiger partial charge in [0.1, 0.15) is 23.5 Å². The average Bonchev–Trinajstić information content (AvgIpc) is 2.57. The molecular weight excluding hydrogens is 371 g/mol. The van der Waals surface area contributed by atoms with Gasteiger partial charge in [-0.1, -0.05) is 13.8 Å². The van der Waals surface area contributed by atoms with Gasteiger partial charge in [-0.05, 0) is 24.0 Å². The molecule has 1 aliphatic heterocycles. The van der Waals surface area contributed by atoms with E-state index < -0.39 is 24.5 Å². The maximum absolute atomic E-state index is 12.5. The summed E-state index contributed by atoms with van der Waals surface area (Å²) in [7, 11) is 0. The van der Waals surface area contributed by atoms with Crippen molar-refractivity contribution in [1.82, 2.24) is 15.3 Å². The van der Waals surface area contributed by atoms with E-state index in [4.69, 9.17) is 0 Å². The summed E-state index contributed by atoms with van der Waals surface area (Å²) in [4.78, 5) is 22.4. The van der Waals surface area contributed by atoms with Gasteiger partial charge < -0.3 is 10.2 Å². The molecule has 1 N–H and O–H groups in total. The predicted octanol–water partition coefficient (Wildman–Crippen LogP) is 3.17. The molecule has 0 unspecified atom stereocenters. The van der Waals surface area contributed by atoms with Gasteiger partial charge in [-0.3, -0.25) is 14.8 Å². The van der Waals surface area contributed by atoms with Crippen LogP contribution in [0.25, 0.3) is 11.0 Å². The standard InChI is InChI=1S/C19H20F3N5O/c1-18(2)7-13(26-15(28)8-19(20,21)22)10-27(11-18)14-4-3-12(9-23)16-17(14)25-6-5-24-16/h3-6,13H,7-8,10-11H2,1-2H3,(H,26,28)/t13-/m1/s1. The fourth-order valence-electron chi connectivity index (χ4n) is 3.77. The summed E-state index contributed by atoms with van der Waals surface area (Å²) < 4.78 is 37.5. The second-order valence-electron chi connectivity index (χ2n) is 7.80. The Labute approximate surface area is 160 Å². The largest absolute Gasteiger partial charge is 0.397 e. The van der Waals surface area contributed by atoms with Crippen molar-refractivity contribution in [2.45, 2.75) is 38.9 Å². The maximum Gasteiger partial charge on any atom is 0.397 e. The number of amides is 1. The summed E-state index contributed by atoms with van der Waals surface area (Å²) in [6, 6.07) is 5.09. The van der Waals surface area contributed by atoms with Crippen molar-refractivity contribution in [2.75, 3.05) is 18.0 Å². The lowest BCUT2D eigenvalue weighted by Gasteiger charge is -2.44. The van der Waals surface area contributed by atoms with E-state index in [-0.39, 0.29) is 5.41 Å². The Balaban J connectivity index is 1.89. The number of piperidine rings is 1. The van der Waals surface area contributed by atoms with Crippen molar-refractivity contribution in [1.29, 1.82) is 5.26 Å². The summed E-state index contributed by atoms with van der Waals surface area (Å²) in [5.41, 5.74) is 1.93. The van der Waals surface area contributed by atoms with E-state index in [0.29, 0.717) is 36.1 Å². The molecular formula is C19H20F3N5O. The highest BCUT2D eigenvalue weighted by Crippen LogP contribution is 2.35. The number of rotatable bonds is 3. The number of nitrogens with one attached hydrogen (secondary N) is 1. The number of aromatic nitrogens is 2. The van der Waals surface area contributed by atoms with Crippen LogP contribution in [0.4, 0.5) is 18.9 Å². The quantitative estimate of drug-likeness (QED) is 0.869. The van der Waals surface area contributed by atoms with Crippen LogP contribution in [0.5, 0.6) is 0 Å². The van der Waals surface area contributed by atoms with Crippen LogP contribution in [0, 0.1) is 16.7 Å².